The van der Waals surface area contributed by atoms with Gasteiger partial charge in [-0.2, -0.15) is 0 Å². The molecule has 7 heteroatoms. The third-order valence-electron chi connectivity index (χ3n) is 2.94. The van der Waals surface area contributed by atoms with Crippen molar-refractivity contribution in [2.24, 2.45) is 0 Å². The van der Waals surface area contributed by atoms with E-state index in [0.29, 0.717) is 33.8 Å². The van der Waals surface area contributed by atoms with Crippen molar-refractivity contribution in [2.75, 3.05) is 13.3 Å². The summed E-state index contributed by atoms with van der Waals surface area (Å²) in [6.07, 6.45) is 0.692. The van der Waals surface area contributed by atoms with Crippen LogP contribution in [-0.4, -0.2) is 19.3 Å². The van der Waals surface area contributed by atoms with Crippen LogP contribution in [0.3, 0.4) is 0 Å². The summed E-state index contributed by atoms with van der Waals surface area (Å²) >= 11 is 17.7. The monoisotopic (exact) mass is 372 g/mol. The molecular weight excluding hydrogens is 359 g/mol. The van der Waals surface area contributed by atoms with Gasteiger partial charge in [0.15, 0.2) is 6.73 Å². The largest absolute Gasteiger partial charge is 0.472 e. The Morgan fingerprint density at radius 1 is 1.00 bits per heavy atom. The van der Waals surface area contributed by atoms with Gasteiger partial charge in [0.2, 0.25) is 0 Å². The van der Waals surface area contributed by atoms with Gasteiger partial charge in [0, 0.05) is 16.6 Å². The Morgan fingerprint density at radius 3 is 2.52 bits per heavy atom. The molecule has 0 aliphatic rings. The van der Waals surface area contributed by atoms with Crippen LogP contribution in [-0.2, 0) is 6.42 Å². The first-order valence-electron chi connectivity index (χ1n) is 6.88. The van der Waals surface area contributed by atoms with Gasteiger partial charge >= 0.3 is 6.03 Å². The van der Waals surface area contributed by atoms with E-state index in [1.165, 1.54) is 0 Å². The second-order valence-corrected chi connectivity index (χ2v) is 5.96. The van der Waals surface area contributed by atoms with E-state index in [0.717, 1.165) is 5.56 Å². The van der Waals surface area contributed by atoms with Crippen molar-refractivity contribution < 1.29 is 9.53 Å². The number of carbonyl (C=O) groups excluding carboxylic acids is 1. The molecule has 0 saturated carbocycles. The number of amides is 2. The maximum absolute atomic E-state index is 11.6. The lowest BCUT2D eigenvalue weighted by Gasteiger charge is -2.10. The fourth-order valence-corrected chi connectivity index (χ4v) is 2.52. The smallest absolute Gasteiger partial charge is 0.317 e. The number of hydrogen-bond acceptors (Lipinski definition) is 2. The third kappa shape index (κ3) is 6.18. The Morgan fingerprint density at radius 2 is 1.78 bits per heavy atom. The van der Waals surface area contributed by atoms with Crippen LogP contribution in [0.1, 0.15) is 5.56 Å². The van der Waals surface area contributed by atoms with Crippen LogP contribution in [0.4, 0.5) is 4.79 Å². The standard InChI is InChI=1S/C16H15Cl3N2O2/c17-12-3-1-2-11(8-12)6-7-20-16(22)21-10-23-15-5-4-13(18)9-14(15)19/h1-5,8-9H,6-7,10H2,(H2,20,21,22). The highest BCUT2D eigenvalue weighted by atomic mass is 35.5. The SMILES string of the molecule is O=C(NCCc1cccc(Cl)c1)NCOc1ccc(Cl)cc1Cl. The summed E-state index contributed by atoms with van der Waals surface area (Å²) in [4.78, 5) is 11.6. The lowest BCUT2D eigenvalue weighted by atomic mass is 10.1. The highest BCUT2D eigenvalue weighted by molar-refractivity contribution is 6.35. The van der Waals surface area contributed by atoms with Crippen LogP contribution in [0.25, 0.3) is 0 Å². The van der Waals surface area contributed by atoms with Crippen LogP contribution in [0.15, 0.2) is 42.5 Å². The van der Waals surface area contributed by atoms with E-state index in [1.54, 1.807) is 18.2 Å². The van der Waals surface area contributed by atoms with Crippen molar-refractivity contribution in [1.29, 1.82) is 0 Å². The molecule has 0 atom stereocenters. The van der Waals surface area contributed by atoms with E-state index in [1.807, 2.05) is 24.3 Å². The molecule has 2 aromatic carbocycles. The summed E-state index contributed by atoms with van der Waals surface area (Å²) in [5.41, 5.74) is 1.06. The minimum atomic E-state index is -0.322. The molecule has 2 amide bonds. The first-order chi connectivity index (χ1) is 11.0. The van der Waals surface area contributed by atoms with Crippen LogP contribution < -0.4 is 15.4 Å². The highest BCUT2D eigenvalue weighted by Crippen LogP contribution is 2.27. The second-order valence-electron chi connectivity index (χ2n) is 4.68. The molecule has 0 bridgehead atoms. The Kier molecular flexibility index (Phi) is 6.84. The van der Waals surface area contributed by atoms with Gasteiger partial charge in [0.1, 0.15) is 5.75 Å². The molecule has 2 aromatic rings. The van der Waals surface area contributed by atoms with E-state index < -0.39 is 0 Å². The second kappa shape index (κ2) is 8.87. The Balaban J connectivity index is 1.67. The van der Waals surface area contributed by atoms with E-state index in [-0.39, 0.29) is 12.8 Å². The summed E-state index contributed by atoms with van der Waals surface area (Å²) in [6.45, 7) is 0.498. The number of hydrogen-bond donors (Lipinski definition) is 2. The molecule has 2 rings (SSSR count). The van der Waals surface area contributed by atoms with Crippen LogP contribution in [0.5, 0.6) is 5.75 Å². The highest BCUT2D eigenvalue weighted by Gasteiger charge is 2.04. The number of urea groups is 1. The molecule has 122 valence electrons. The molecule has 0 aromatic heterocycles. The Bertz CT molecular complexity index is 680. The van der Waals surface area contributed by atoms with E-state index in [9.17, 15) is 4.79 Å². The molecule has 0 heterocycles. The van der Waals surface area contributed by atoms with Crippen LogP contribution in [0.2, 0.25) is 15.1 Å². The summed E-state index contributed by atoms with van der Waals surface area (Å²) < 4.78 is 5.36. The number of carbonyl (C=O) groups is 1. The van der Waals surface area contributed by atoms with Crippen molar-refractivity contribution in [3.63, 3.8) is 0 Å². The lowest BCUT2D eigenvalue weighted by molar-refractivity contribution is 0.224. The van der Waals surface area contributed by atoms with Gasteiger partial charge in [-0.15, -0.1) is 0 Å². The topological polar surface area (TPSA) is 50.4 Å². The molecular formula is C16H15Cl3N2O2. The van der Waals surface area contributed by atoms with Gasteiger partial charge in [-0.1, -0.05) is 46.9 Å². The average Bonchev–Trinajstić information content (AvgIpc) is 2.49. The average molecular weight is 374 g/mol. The maximum Gasteiger partial charge on any atom is 0.317 e. The molecule has 0 aliphatic heterocycles. The first kappa shape index (κ1) is 17.7. The van der Waals surface area contributed by atoms with E-state index in [2.05, 4.69) is 10.6 Å². The molecule has 0 aliphatic carbocycles. The van der Waals surface area contributed by atoms with Gasteiger partial charge in [-0.05, 0) is 42.3 Å². The lowest BCUT2D eigenvalue weighted by Crippen LogP contribution is -2.38. The predicted octanol–water partition coefficient (Wildman–Crippen LogP) is 4.53. The molecule has 23 heavy (non-hydrogen) atoms. The summed E-state index contributed by atoms with van der Waals surface area (Å²) in [6, 6.07) is 12.1. The summed E-state index contributed by atoms with van der Waals surface area (Å²) in [5, 5.41) is 6.91. The van der Waals surface area contributed by atoms with Crippen molar-refractivity contribution in [3.05, 3.63) is 63.1 Å². The number of nitrogens with one attached hydrogen (secondary N) is 2. The van der Waals surface area contributed by atoms with Crippen LogP contribution in [0, 0.1) is 0 Å². The molecule has 0 fully saturated rings. The quantitative estimate of drug-likeness (QED) is 0.731. The summed E-state index contributed by atoms with van der Waals surface area (Å²) in [7, 11) is 0. The number of rotatable bonds is 6. The zero-order valence-electron chi connectivity index (χ0n) is 12.1. The van der Waals surface area contributed by atoms with Gasteiger partial charge in [0.25, 0.3) is 0 Å². The molecule has 0 radical (unpaired) electrons. The Hall–Kier alpha value is -1.62. The van der Waals surface area contributed by atoms with E-state index >= 15 is 0 Å². The first-order valence-corrected chi connectivity index (χ1v) is 8.02. The normalized spacial score (nSPS) is 10.2. The number of ether oxygens (including phenoxy) is 1. The minimum absolute atomic E-state index is 0.00432. The van der Waals surface area contributed by atoms with E-state index in [4.69, 9.17) is 39.5 Å². The van der Waals surface area contributed by atoms with Crippen LogP contribution >= 0.6 is 34.8 Å². The molecule has 2 N–H and O–H groups in total. The number of halogens is 3. The zero-order valence-corrected chi connectivity index (χ0v) is 14.4. The van der Waals surface area contributed by atoms with Gasteiger partial charge in [-0.25, -0.2) is 4.79 Å². The van der Waals surface area contributed by atoms with Gasteiger partial charge in [-0.3, -0.25) is 0 Å². The zero-order chi connectivity index (χ0) is 16.7. The van der Waals surface area contributed by atoms with Crippen molar-refractivity contribution in [2.45, 2.75) is 6.42 Å². The Labute approximate surface area is 149 Å². The molecule has 0 unspecified atom stereocenters. The molecule has 0 spiro atoms. The molecule has 4 nitrogen and oxygen atoms in total. The van der Waals surface area contributed by atoms with Crippen molar-refractivity contribution >= 4 is 40.8 Å². The molecule has 0 saturated heterocycles. The summed E-state index contributed by atoms with van der Waals surface area (Å²) in [5.74, 6) is 0.454. The van der Waals surface area contributed by atoms with Crippen molar-refractivity contribution in [1.82, 2.24) is 10.6 Å². The van der Waals surface area contributed by atoms with Crippen molar-refractivity contribution in [3.8, 4) is 5.75 Å². The predicted molar refractivity (Wildman–Crippen MR) is 93.6 cm³/mol. The number of benzene rings is 2. The van der Waals surface area contributed by atoms with Gasteiger partial charge < -0.3 is 15.4 Å². The third-order valence-corrected chi connectivity index (χ3v) is 3.71. The maximum atomic E-state index is 11.6. The fraction of sp³-hybridized carbons (Fsp3) is 0.188. The fourth-order valence-electron chi connectivity index (χ4n) is 1.85. The van der Waals surface area contributed by atoms with Gasteiger partial charge in [0.05, 0.1) is 5.02 Å². The minimum Gasteiger partial charge on any atom is -0.472 e.